The second kappa shape index (κ2) is 9.68. The molecule has 0 unspecified atom stereocenters. The fourth-order valence-corrected chi connectivity index (χ4v) is 6.47. The molecule has 4 atom stereocenters. The van der Waals surface area contributed by atoms with Crippen LogP contribution < -0.4 is 5.73 Å². The van der Waals surface area contributed by atoms with E-state index >= 15 is 0 Å². The van der Waals surface area contributed by atoms with Gasteiger partial charge in [0.2, 0.25) is 5.78 Å². The molecule has 1 aromatic carbocycles. The quantitative estimate of drug-likeness (QED) is 0.261. The molecule has 1 amide bonds. The van der Waals surface area contributed by atoms with Gasteiger partial charge in [-0.15, -0.1) is 6.58 Å². The number of benzene rings is 1. The monoisotopic (exact) mass is 525 g/mol. The maximum atomic E-state index is 13.9. The van der Waals surface area contributed by atoms with Gasteiger partial charge in [0.1, 0.15) is 22.8 Å². The van der Waals surface area contributed by atoms with Gasteiger partial charge in [0.05, 0.1) is 11.6 Å². The van der Waals surface area contributed by atoms with Crippen molar-refractivity contribution in [3.05, 3.63) is 63.6 Å². The number of phenolic OH excluding ortho intramolecular Hbond substituents is 1. The Bertz CT molecular complexity index is 1310. The van der Waals surface area contributed by atoms with E-state index in [1.54, 1.807) is 20.2 Å². The molecular weight excluding hydrogens is 490 g/mol. The third kappa shape index (κ3) is 3.86. The topological polar surface area (TPSA) is 165 Å². The molecule has 0 spiro atoms. The fourth-order valence-electron chi connectivity index (χ4n) is 6.47. The predicted molar refractivity (Wildman–Crippen MR) is 140 cm³/mol. The van der Waals surface area contributed by atoms with Crippen molar-refractivity contribution < 1.29 is 34.8 Å². The van der Waals surface area contributed by atoms with Gasteiger partial charge in [-0.05, 0) is 57.5 Å². The molecule has 3 aliphatic carbocycles. The summed E-state index contributed by atoms with van der Waals surface area (Å²) in [5, 5.41) is 45.2. The third-order valence-corrected chi connectivity index (χ3v) is 8.16. The number of carbonyl (C=O) groups is 3. The van der Waals surface area contributed by atoms with Gasteiger partial charge in [0, 0.05) is 30.1 Å². The van der Waals surface area contributed by atoms with Crippen molar-refractivity contribution in [1.82, 2.24) is 9.80 Å². The molecule has 6 N–H and O–H groups in total. The fraction of sp³-hybridized carbons (Fsp3) is 0.464. The first kappa shape index (κ1) is 27.6. The Morgan fingerprint density at radius 1 is 1.21 bits per heavy atom. The van der Waals surface area contributed by atoms with Gasteiger partial charge in [-0.3, -0.25) is 24.2 Å². The number of allylic oxidation sites excluding steroid dienone is 1. The number of phenols is 1. The molecule has 4 rings (SSSR count). The minimum absolute atomic E-state index is 0.0483. The summed E-state index contributed by atoms with van der Waals surface area (Å²) >= 11 is 0. The summed E-state index contributed by atoms with van der Waals surface area (Å²) in [6.07, 6.45) is 2.68. The molecule has 38 heavy (non-hydrogen) atoms. The summed E-state index contributed by atoms with van der Waals surface area (Å²) in [4.78, 5) is 42.9. The number of aliphatic hydroxyl groups is 3. The molecule has 3 aliphatic rings. The van der Waals surface area contributed by atoms with E-state index in [0.29, 0.717) is 30.6 Å². The van der Waals surface area contributed by atoms with E-state index in [1.165, 1.54) is 4.90 Å². The molecule has 0 heterocycles. The molecule has 0 aliphatic heterocycles. The summed E-state index contributed by atoms with van der Waals surface area (Å²) in [6.45, 7) is 6.58. The number of ketones is 2. The maximum absolute atomic E-state index is 13.9. The van der Waals surface area contributed by atoms with E-state index in [9.17, 15) is 34.8 Å². The summed E-state index contributed by atoms with van der Waals surface area (Å²) in [6, 6.07) is 0.872. The second-order valence-corrected chi connectivity index (χ2v) is 10.7. The number of aryl methyl sites for hydroxylation is 1. The normalized spacial score (nSPS) is 27.0. The smallest absolute Gasteiger partial charge is 0.255 e. The average Bonchev–Trinajstić information content (AvgIpc) is 2.82. The van der Waals surface area contributed by atoms with Crippen molar-refractivity contribution in [2.75, 3.05) is 27.7 Å². The predicted octanol–water partition coefficient (Wildman–Crippen LogP) is 1.30. The number of carbonyl (C=O) groups excluding carboxylic acids is 3. The molecule has 0 fully saturated rings. The Morgan fingerprint density at radius 2 is 1.87 bits per heavy atom. The molecule has 10 nitrogen and oxygen atoms in total. The van der Waals surface area contributed by atoms with Crippen LogP contribution >= 0.6 is 0 Å². The standard InChI is InChI=1S/C28H35N3O7/c1-6-8-31(5)12-15-9-13(7-2)16-10-14-11-17-21(30(3)4)24(34)20(27(29)37)26(36)28(17,38)25(35)18(14)23(33)19(16)22(15)32/h6,9,14,17,21,32,34-35,38H,1,7-8,10-12H2,2-5H3,(H2,29,37)/t14-,17-,21-,28-/m0/s1. The summed E-state index contributed by atoms with van der Waals surface area (Å²) < 4.78 is 0. The van der Waals surface area contributed by atoms with Crippen molar-refractivity contribution in [2.24, 2.45) is 17.6 Å². The van der Waals surface area contributed by atoms with Gasteiger partial charge < -0.3 is 26.2 Å². The van der Waals surface area contributed by atoms with E-state index in [0.717, 1.165) is 5.56 Å². The number of likely N-dealkylation sites (N-methyl/N-ethyl adjacent to an activating group) is 2. The van der Waals surface area contributed by atoms with Crippen molar-refractivity contribution >= 4 is 17.5 Å². The lowest BCUT2D eigenvalue weighted by molar-refractivity contribution is -0.148. The molecule has 0 radical (unpaired) electrons. The van der Waals surface area contributed by atoms with Crippen molar-refractivity contribution in [1.29, 1.82) is 0 Å². The number of nitrogens with two attached hydrogens (primary N) is 1. The second-order valence-electron chi connectivity index (χ2n) is 10.7. The van der Waals surface area contributed by atoms with Gasteiger partial charge in [0.15, 0.2) is 11.4 Å². The van der Waals surface area contributed by atoms with E-state index in [4.69, 9.17) is 5.73 Å². The van der Waals surface area contributed by atoms with Crippen LogP contribution in [0, 0.1) is 11.8 Å². The highest BCUT2D eigenvalue weighted by Gasteiger charge is 2.63. The van der Waals surface area contributed by atoms with E-state index in [2.05, 4.69) is 6.58 Å². The largest absolute Gasteiger partial charge is 0.510 e. The number of primary amides is 1. The number of rotatable bonds is 7. The average molecular weight is 526 g/mol. The number of hydrogen-bond donors (Lipinski definition) is 5. The molecular formula is C28H35N3O7. The first-order valence-corrected chi connectivity index (χ1v) is 12.6. The highest BCUT2D eigenvalue weighted by atomic mass is 16.3. The summed E-state index contributed by atoms with van der Waals surface area (Å²) in [5.41, 5.74) is 3.89. The Labute approximate surface area is 221 Å². The lowest BCUT2D eigenvalue weighted by Gasteiger charge is -2.50. The Balaban J connectivity index is 1.92. The number of fused-ring (bicyclic) bond motifs is 3. The Hall–Kier alpha value is -3.47. The van der Waals surface area contributed by atoms with Crippen LogP contribution in [0.4, 0.5) is 0 Å². The van der Waals surface area contributed by atoms with Crippen molar-refractivity contribution in [3.8, 4) is 5.75 Å². The highest BCUT2D eigenvalue weighted by Crippen LogP contribution is 2.52. The lowest BCUT2D eigenvalue weighted by atomic mass is 9.58. The zero-order valence-corrected chi connectivity index (χ0v) is 22.1. The minimum atomic E-state index is -2.64. The molecule has 0 bridgehead atoms. The number of hydrogen-bond acceptors (Lipinski definition) is 9. The zero-order valence-electron chi connectivity index (χ0n) is 22.1. The van der Waals surface area contributed by atoms with E-state index in [-0.39, 0.29) is 29.7 Å². The number of aromatic hydroxyl groups is 1. The van der Waals surface area contributed by atoms with Gasteiger partial charge in [-0.25, -0.2) is 0 Å². The van der Waals surface area contributed by atoms with Crippen LogP contribution in [0.3, 0.4) is 0 Å². The molecule has 0 saturated heterocycles. The van der Waals surface area contributed by atoms with Gasteiger partial charge in [0.25, 0.3) is 5.91 Å². The van der Waals surface area contributed by atoms with E-state index in [1.807, 2.05) is 24.9 Å². The molecule has 0 saturated carbocycles. The van der Waals surface area contributed by atoms with Crippen LogP contribution in [0.5, 0.6) is 5.75 Å². The first-order chi connectivity index (χ1) is 17.8. The lowest BCUT2D eigenvalue weighted by Crippen LogP contribution is -2.63. The molecule has 0 aromatic heterocycles. The van der Waals surface area contributed by atoms with Crippen LogP contribution in [0.2, 0.25) is 0 Å². The molecule has 204 valence electrons. The summed E-state index contributed by atoms with van der Waals surface area (Å²) in [5.74, 6) is -6.43. The van der Waals surface area contributed by atoms with Crippen LogP contribution in [-0.4, -0.2) is 87.0 Å². The minimum Gasteiger partial charge on any atom is -0.510 e. The van der Waals surface area contributed by atoms with Gasteiger partial charge in [-0.2, -0.15) is 0 Å². The number of amides is 1. The van der Waals surface area contributed by atoms with Crippen LogP contribution in [0.15, 0.2) is 41.4 Å². The van der Waals surface area contributed by atoms with E-state index < -0.39 is 58.0 Å². The van der Waals surface area contributed by atoms with Gasteiger partial charge in [-0.1, -0.05) is 19.1 Å². The van der Waals surface area contributed by atoms with Crippen LogP contribution in [-0.2, 0) is 29.0 Å². The van der Waals surface area contributed by atoms with Crippen LogP contribution in [0.1, 0.15) is 40.4 Å². The Morgan fingerprint density at radius 3 is 2.42 bits per heavy atom. The van der Waals surface area contributed by atoms with Gasteiger partial charge >= 0.3 is 0 Å². The number of aliphatic hydroxyl groups excluding tert-OH is 2. The first-order valence-electron chi connectivity index (χ1n) is 12.6. The number of nitrogens with zero attached hydrogens (tertiary/aromatic N) is 2. The highest BCUT2D eigenvalue weighted by molar-refractivity contribution is 6.24. The summed E-state index contributed by atoms with van der Waals surface area (Å²) in [7, 11) is 5.06. The SMILES string of the molecule is C=CCN(C)Cc1cc(CC)c2c(c1O)C(=O)C1=C(O)[C@]3(O)C(=O)C(C(N)=O)=C(O)[C@@H](N(C)C)[C@@H]3C[C@@H]1C2. The third-order valence-electron chi connectivity index (χ3n) is 8.16. The zero-order chi connectivity index (χ0) is 28.3. The van der Waals surface area contributed by atoms with Crippen molar-refractivity contribution in [3.63, 3.8) is 0 Å². The van der Waals surface area contributed by atoms with Crippen molar-refractivity contribution in [2.45, 2.75) is 44.4 Å². The molecule has 1 aromatic rings. The van der Waals surface area contributed by atoms with Crippen LogP contribution in [0.25, 0.3) is 0 Å². The molecule has 10 heteroatoms. The maximum Gasteiger partial charge on any atom is 0.255 e. The number of Topliss-reactive ketones (excluding diaryl/α,β-unsaturated/α-hetero) is 2. The Kier molecular flexibility index (Phi) is 7.02.